The van der Waals surface area contributed by atoms with Crippen molar-refractivity contribution in [2.24, 2.45) is 71.0 Å². The van der Waals surface area contributed by atoms with Gasteiger partial charge in [-0.05, 0) is 279 Å². The van der Waals surface area contributed by atoms with Gasteiger partial charge < -0.3 is 28.4 Å². The lowest BCUT2D eigenvalue weighted by atomic mass is 9.86. The third kappa shape index (κ3) is 14.7. The fourth-order valence-electron chi connectivity index (χ4n) is 20.1. The lowest BCUT2D eigenvalue weighted by Gasteiger charge is -2.31. The molecule has 6 saturated carbocycles. The van der Waals surface area contributed by atoms with Crippen molar-refractivity contribution >= 4 is 133 Å². The highest BCUT2D eigenvalue weighted by Crippen LogP contribution is 2.54. The van der Waals surface area contributed by atoms with Gasteiger partial charge >= 0.3 is 35.8 Å². The summed E-state index contributed by atoms with van der Waals surface area (Å²) in [5.74, 6) is 0.217. The SMILES string of the molecule is CCC(C)C(=O)OC1CC2CC1CC2C(=O)OC(C)(C)c1ccc2c3ccccc3c3ccccc3c2c1.CCC(C)C(=O)OC1CC2CC1CC2C(=O)OC(C)(C)c1ccc2c3ccccc3c3ccccc3c2c1.CCC(C)C(=O)OC1CC2CC1CC2C(=O)OC(C)c1ccc2c3ccccc3c3ccccc3c2c1. The van der Waals surface area contributed by atoms with Gasteiger partial charge in [-0.15, -0.1) is 0 Å². The van der Waals surface area contributed by atoms with Crippen LogP contribution >= 0.6 is 0 Å². The van der Waals surface area contributed by atoms with E-state index in [0.29, 0.717) is 0 Å². The Bertz CT molecular complexity index is 5370. The van der Waals surface area contributed by atoms with Gasteiger partial charge in [-0.1, -0.05) is 224 Å². The first kappa shape index (κ1) is 76.8. The smallest absolute Gasteiger partial charge is 0.310 e. The molecule has 12 heteroatoms. The van der Waals surface area contributed by atoms with E-state index >= 15 is 0 Å². The van der Waals surface area contributed by atoms with E-state index in [1.54, 1.807) is 0 Å². The second-order valence-electron chi connectivity index (χ2n) is 34.9. The average molecular weight is 1510 g/mol. The maximum absolute atomic E-state index is 13.4. The maximum Gasteiger partial charge on any atom is 0.310 e. The third-order valence-electron chi connectivity index (χ3n) is 27.3. The predicted octanol–water partition coefficient (Wildman–Crippen LogP) is 23.6. The molecule has 0 N–H and O–H groups in total. The Hall–Kier alpha value is -10.2. The van der Waals surface area contributed by atoms with Crippen molar-refractivity contribution in [2.45, 2.75) is 189 Å². The van der Waals surface area contributed by atoms with E-state index < -0.39 is 11.2 Å². The summed E-state index contributed by atoms with van der Waals surface area (Å²) >= 11 is 0. The van der Waals surface area contributed by atoms with Crippen LogP contribution < -0.4 is 0 Å². The zero-order chi connectivity index (χ0) is 78.9. The number of carbonyl (C=O) groups excluding carboxylic acids is 6. The van der Waals surface area contributed by atoms with E-state index in [2.05, 4.69) is 200 Å². The van der Waals surface area contributed by atoms with Crippen molar-refractivity contribution in [1.82, 2.24) is 0 Å². The van der Waals surface area contributed by atoms with E-state index in [4.69, 9.17) is 28.4 Å². The van der Waals surface area contributed by atoms with Gasteiger partial charge in [-0.25, -0.2) is 0 Å². The molecule has 0 heterocycles. The summed E-state index contributed by atoms with van der Waals surface area (Å²) in [6.45, 7) is 21.6. The Labute approximate surface area is 662 Å². The average Bonchev–Trinajstić information content (AvgIpc) is 1.41. The van der Waals surface area contributed by atoms with E-state index in [0.717, 1.165) is 93.7 Å². The van der Waals surface area contributed by atoms with Crippen LogP contribution in [-0.2, 0) is 68.4 Å². The molecule has 6 aliphatic rings. The molecule has 6 fully saturated rings. The largest absolute Gasteiger partial charge is 0.462 e. The molecule has 0 saturated heterocycles. The van der Waals surface area contributed by atoms with Crippen LogP contribution in [0.4, 0.5) is 0 Å². The second-order valence-corrected chi connectivity index (χ2v) is 34.9. The van der Waals surface area contributed by atoms with E-state index in [1.807, 2.05) is 76.2 Å². The molecular weight excluding hydrogens is 1410 g/mol. The fraction of sp³-hybridized carbons (Fsp3) is 0.406. The maximum atomic E-state index is 13.4. The highest BCUT2D eigenvalue weighted by molar-refractivity contribution is 6.27. The van der Waals surface area contributed by atoms with E-state index in [-0.39, 0.29) is 131 Å². The Morgan fingerprint density at radius 3 is 0.814 bits per heavy atom. The molecule has 113 heavy (non-hydrogen) atoms. The summed E-state index contributed by atoms with van der Waals surface area (Å²) < 4.78 is 35.9. The number of hydrogen-bond donors (Lipinski definition) is 0. The number of fused-ring (bicyclic) bond motifs is 24. The molecule has 0 radical (unpaired) electrons. The Morgan fingerprint density at radius 1 is 0.301 bits per heavy atom. The van der Waals surface area contributed by atoms with Crippen LogP contribution in [-0.4, -0.2) is 54.1 Å². The lowest BCUT2D eigenvalue weighted by molar-refractivity contribution is -0.168. The summed E-state index contributed by atoms with van der Waals surface area (Å²) in [6.07, 6.45) is 9.23. The first-order chi connectivity index (χ1) is 54.5. The van der Waals surface area contributed by atoms with Crippen LogP contribution in [0.15, 0.2) is 200 Å². The van der Waals surface area contributed by atoms with E-state index in [9.17, 15) is 28.8 Å². The molecule has 582 valence electrons. The summed E-state index contributed by atoms with van der Waals surface area (Å²) in [6, 6.07) is 70.5. The summed E-state index contributed by atoms with van der Waals surface area (Å²) in [7, 11) is 0. The third-order valence-corrected chi connectivity index (χ3v) is 27.3. The molecule has 0 amide bonds. The molecule has 12 aromatic rings. The molecule has 16 unspecified atom stereocenters. The number of benzene rings is 12. The minimum absolute atomic E-state index is 0.0448. The minimum atomic E-state index is -0.762. The number of ether oxygens (including phenoxy) is 6. The lowest BCUT2D eigenvalue weighted by Crippen LogP contribution is -2.35. The molecule has 0 aliphatic heterocycles. The molecule has 18 rings (SSSR count). The van der Waals surface area contributed by atoms with Crippen molar-refractivity contribution in [3.05, 3.63) is 217 Å². The van der Waals surface area contributed by atoms with Gasteiger partial charge in [0.2, 0.25) is 0 Å². The zero-order valence-electron chi connectivity index (χ0n) is 67.2. The topological polar surface area (TPSA) is 158 Å². The zero-order valence-corrected chi connectivity index (χ0v) is 67.2. The van der Waals surface area contributed by atoms with Crippen LogP contribution in [0.25, 0.3) is 97.0 Å². The number of rotatable bonds is 18. The standard InChI is InChI=1S/2C34H36O4.C33H34O4/c2*1-5-20(2)32(35)37-31-18-21-16-22(31)17-29(21)33(36)38-34(3,4)23-14-15-28-26-12-7-6-10-24(26)25-11-8-9-13-27(25)30(28)19-23;1-4-19(2)32(34)37-31-18-22-15-23(31)17-29(22)33(35)36-20(3)21-13-14-28-26-11-6-5-9-24(26)25-10-7-8-12-27(25)30(28)16-21/h2*6-15,19-22,29,31H,5,16-18H2,1-4H3;5-14,16,19-20,22-23,29,31H,4,15,17-18H2,1-3H3. The Morgan fingerprint density at radius 2 is 0.549 bits per heavy atom. The monoisotopic (exact) mass is 1510 g/mol. The number of hydrogen-bond acceptors (Lipinski definition) is 12. The number of esters is 6. The van der Waals surface area contributed by atoms with Crippen LogP contribution in [0.3, 0.4) is 0 Å². The van der Waals surface area contributed by atoms with Gasteiger partial charge in [0.15, 0.2) is 0 Å². The molecule has 12 nitrogen and oxygen atoms in total. The molecule has 6 bridgehead atoms. The van der Waals surface area contributed by atoms with Crippen molar-refractivity contribution in [3.8, 4) is 0 Å². The van der Waals surface area contributed by atoms with Gasteiger partial charge in [0, 0.05) is 0 Å². The number of carbonyl (C=O) groups is 6. The van der Waals surface area contributed by atoms with E-state index in [1.165, 1.54) is 97.0 Å². The van der Waals surface area contributed by atoms with Crippen LogP contribution in [0.5, 0.6) is 0 Å². The normalized spacial score (nSPS) is 23.9. The molecule has 16 atom stereocenters. The van der Waals surface area contributed by atoms with Gasteiger partial charge in [0.25, 0.3) is 0 Å². The molecule has 12 aromatic carbocycles. The van der Waals surface area contributed by atoms with Crippen LogP contribution in [0, 0.1) is 71.0 Å². The highest BCUT2D eigenvalue weighted by Gasteiger charge is 2.54. The van der Waals surface area contributed by atoms with Crippen LogP contribution in [0.2, 0.25) is 0 Å². The Balaban J connectivity index is 0.000000128. The van der Waals surface area contributed by atoms with Gasteiger partial charge in [0.1, 0.15) is 35.6 Å². The van der Waals surface area contributed by atoms with Crippen molar-refractivity contribution in [3.63, 3.8) is 0 Å². The van der Waals surface area contributed by atoms with Crippen LogP contribution in [0.1, 0.15) is 176 Å². The first-order valence-electron chi connectivity index (χ1n) is 41.8. The summed E-state index contributed by atoms with van der Waals surface area (Å²) in [5.41, 5.74) is 1.46. The molecule has 0 spiro atoms. The second kappa shape index (κ2) is 31.3. The van der Waals surface area contributed by atoms with Crippen molar-refractivity contribution in [2.75, 3.05) is 0 Å². The molecule has 0 aromatic heterocycles. The Kier molecular flexibility index (Phi) is 21.3. The molecular formula is C101H106O12. The summed E-state index contributed by atoms with van der Waals surface area (Å²) in [4.78, 5) is 76.9. The van der Waals surface area contributed by atoms with Crippen molar-refractivity contribution < 1.29 is 57.2 Å². The minimum Gasteiger partial charge on any atom is -0.462 e. The van der Waals surface area contributed by atoms with Gasteiger partial charge in [-0.3, -0.25) is 28.8 Å². The van der Waals surface area contributed by atoms with Crippen molar-refractivity contribution in [1.29, 1.82) is 0 Å². The molecule has 6 aliphatic carbocycles. The predicted molar refractivity (Wildman–Crippen MR) is 451 cm³/mol. The summed E-state index contributed by atoms with van der Waals surface area (Å²) in [5, 5.41) is 21.9. The quantitative estimate of drug-likeness (QED) is 0.0455. The first-order valence-corrected chi connectivity index (χ1v) is 41.8. The van der Waals surface area contributed by atoms with Gasteiger partial charge in [-0.2, -0.15) is 0 Å². The van der Waals surface area contributed by atoms with Gasteiger partial charge in [0.05, 0.1) is 35.5 Å². The highest BCUT2D eigenvalue weighted by atomic mass is 16.6. The fourth-order valence-corrected chi connectivity index (χ4v) is 20.1.